The third-order valence-electron chi connectivity index (χ3n) is 5.26. The first kappa shape index (κ1) is 22.0. The highest BCUT2D eigenvalue weighted by Gasteiger charge is 2.49. The van der Waals surface area contributed by atoms with Crippen molar-refractivity contribution in [1.82, 2.24) is 0 Å². The average Bonchev–Trinajstić information content (AvgIpc) is 3.39. The first-order valence-corrected chi connectivity index (χ1v) is 10.6. The molecule has 2 aromatic carbocycles. The maximum absolute atomic E-state index is 13.2. The summed E-state index contributed by atoms with van der Waals surface area (Å²) >= 11 is 12.6. The number of ether oxygens (including phenoxy) is 1. The Morgan fingerprint density at radius 3 is 2.59 bits per heavy atom. The van der Waals surface area contributed by atoms with E-state index in [1.165, 1.54) is 17.2 Å². The lowest BCUT2D eigenvalue weighted by Crippen LogP contribution is -2.30. The lowest BCUT2D eigenvalue weighted by atomic mass is 9.98. The molecule has 1 amide bonds. The van der Waals surface area contributed by atoms with Crippen LogP contribution in [0.3, 0.4) is 0 Å². The van der Waals surface area contributed by atoms with Gasteiger partial charge in [0.2, 0.25) is 0 Å². The average molecular weight is 472 g/mol. The van der Waals surface area contributed by atoms with Gasteiger partial charge >= 0.3 is 0 Å². The van der Waals surface area contributed by atoms with Crippen LogP contribution >= 0.6 is 23.2 Å². The second-order valence-corrected chi connectivity index (χ2v) is 7.96. The minimum atomic E-state index is -1.01. The molecule has 1 aliphatic heterocycles. The number of ketones is 1. The van der Waals surface area contributed by atoms with Crippen molar-refractivity contribution < 1.29 is 23.8 Å². The third kappa shape index (κ3) is 3.66. The Morgan fingerprint density at radius 2 is 1.91 bits per heavy atom. The van der Waals surface area contributed by atoms with Gasteiger partial charge in [-0.25, -0.2) is 0 Å². The highest BCUT2D eigenvalue weighted by molar-refractivity contribution is 6.52. The Labute approximate surface area is 194 Å². The van der Waals surface area contributed by atoms with Crippen molar-refractivity contribution in [3.8, 4) is 5.75 Å². The van der Waals surface area contributed by atoms with Gasteiger partial charge in [-0.1, -0.05) is 29.3 Å². The SMILES string of the molecule is CCOc1ccc(Cl)c(/C(O)=C2/C(=O)C(=O)N(c3cccc(Cl)c3C)C2c2ccco2)c1. The molecule has 0 aliphatic carbocycles. The number of halogens is 2. The topological polar surface area (TPSA) is 80.0 Å². The predicted molar refractivity (Wildman–Crippen MR) is 122 cm³/mol. The Morgan fingerprint density at radius 1 is 1.12 bits per heavy atom. The number of aliphatic hydroxyl groups excluding tert-OH is 1. The van der Waals surface area contributed by atoms with E-state index >= 15 is 0 Å². The monoisotopic (exact) mass is 471 g/mol. The molecule has 1 aliphatic rings. The van der Waals surface area contributed by atoms with Crippen LogP contribution in [-0.2, 0) is 9.59 Å². The summed E-state index contributed by atoms with van der Waals surface area (Å²) in [5, 5.41) is 11.9. The van der Waals surface area contributed by atoms with Crippen LogP contribution in [0.5, 0.6) is 5.75 Å². The molecule has 8 heteroatoms. The minimum absolute atomic E-state index is 0.139. The molecular formula is C24H19Cl2NO5. The summed E-state index contributed by atoms with van der Waals surface area (Å²) in [6.07, 6.45) is 1.43. The summed E-state index contributed by atoms with van der Waals surface area (Å²) in [5.74, 6) is -1.31. The van der Waals surface area contributed by atoms with Crippen molar-refractivity contribution >= 4 is 46.3 Å². The molecule has 0 spiro atoms. The quantitative estimate of drug-likeness (QED) is 0.283. The van der Waals surface area contributed by atoms with Gasteiger partial charge in [-0.3, -0.25) is 14.5 Å². The fourth-order valence-electron chi connectivity index (χ4n) is 3.74. The molecule has 1 saturated heterocycles. The first-order valence-electron chi connectivity index (χ1n) is 9.87. The Balaban J connectivity index is 1.96. The van der Waals surface area contributed by atoms with Gasteiger partial charge in [0.05, 0.1) is 23.5 Å². The van der Waals surface area contributed by atoms with E-state index in [0.29, 0.717) is 34.4 Å². The molecule has 0 radical (unpaired) electrons. The van der Waals surface area contributed by atoms with Crippen molar-refractivity contribution in [3.05, 3.63) is 87.3 Å². The molecule has 4 rings (SSSR count). The number of hydrogen-bond acceptors (Lipinski definition) is 5. The van der Waals surface area contributed by atoms with E-state index in [-0.39, 0.29) is 16.2 Å². The molecule has 6 nitrogen and oxygen atoms in total. The van der Waals surface area contributed by atoms with Gasteiger partial charge in [-0.15, -0.1) is 0 Å². The Bertz CT molecular complexity index is 1230. The van der Waals surface area contributed by atoms with Crippen molar-refractivity contribution in [1.29, 1.82) is 0 Å². The van der Waals surface area contributed by atoms with Gasteiger partial charge in [0.15, 0.2) is 0 Å². The van der Waals surface area contributed by atoms with E-state index in [1.807, 2.05) is 6.92 Å². The van der Waals surface area contributed by atoms with Crippen molar-refractivity contribution in [2.24, 2.45) is 0 Å². The maximum atomic E-state index is 13.2. The van der Waals surface area contributed by atoms with Crippen LogP contribution in [0.25, 0.3) is 5.76 Å². The van der Waals surface area contributed by atoms with Crippen LogP contribution in [-0.4, -0.2) is 23.4 Å². The van der Waals surface area contributed by atoms with Crippen molar-refractivity contribution in [2.75, 3.05) is 11.5 Å². The second kappa shape index (κ2) is 8.73. The molecule has 3 aromatic rings. The van der Waals surface area contributed by atoms with Gasteiger partial charge in [-0.2, -0.15) is 0 Å². The van der Waals surface area contributed by atoms with Crippen LogP contribution in [0.4, 0.5) is 5.69 Å². The van der Waals surface area contributed by atoms with E-state index in [4.69, 9.17) is 32.4 Å². The highest BCUT2D eigenvalue weighted by Crippen LogP contribution is 2.45. The molecule has 1 fully saturated rings. The number of benzene rings is 2. The number of amides is 1. The first-order chi connectivity index (χ1) is 15.3. The maximum Gasteiger partial charge on any atom is 0.300 e. The lowest BCUT2D eigenvalue weighted by Gasteiger charge is -2.25. The zero-order valence-electron chi connectivity index (χ0n) is 17.3. The zero-order valence-corrected chi connectivity index (χ0v) is 18.8. The number of carbonyl (C=O) groups is 2. The van der Waals surface area contributed by atoms with Crippen LogP contribution in [0.1, 0.15) is 29.9 Å². The van der Waals surface area contributed by atoms with Crippen molar-refractivity contribution in [3.63, 3.8) is 0 Å². The third-order valence-corrected chi connectivity index (χ3v) is 6.00. The van der Waals surface area contributed by atoms with E-state index in [0.717, 1.165) is 0 Å². The number of aliphatic hydroxyl groups is 1. The standard InChI is InChI=1S/C24H19Cl2NO5/c1-3-31-14-9-10-17(26)15(12-14)22(28)20-21(19-8-5-11-32-19)27(24(30)23(20)29)18-7-4-6-16(25)13(18)2/h4-12,21,28H,3H2,1-2H3/b22-20-. The van der Waals surface area contributed by atoms with E-state index < -0.39 is 23.5 Å². The van der Waals surface area contributed by atoms with Crippen LogP contribution < -0.4 is 9.64 Å². The molecule has 1 atom stereocenters. The largest absolute Gasteiger partial charge is 0.507 e. The zero-order chi connectivity index (χ0) is 23.0. The van der Waals surface area contributed by atoms with Gasteiger partial charge in [0.25, 0.3) is 11.7 Å². The number of carbonyl (C=O) groups excluding carboxylic acids is 2. The smallest absolute Gasteiger partial charge is 0.300 e. The Hall–Kier alpha value is -3.22. The number of hydrogen-bond donors (Lipinski definition) is 1. The number of rotatable bonds is 5. The van der Waals surface area contributed by atoms with Crippen LogP contribution in [0.2, 0.25) is 10.0 Å². The van der Waals surface area contributed by atoms with Crippen LogP contribution in [0, 0.1) is 6.92 Å². The van der Waals surface area contributed by atoms with E-state index in [1.54, 1.807) is 49.4 Å². The van der Waals surface area contributed by atoms with Gasteiger partial charge in [0, 0.05) is 16.3 Å². The molecule has 0 saturated carbocycles. The van der Waals surface area contributed by atoms with Gasteiger partial charge < -0.3 is 14.3 Å². The van der Waals surface area contributed by atoms with Gasteiger partial charge in [-0.05, 0) is 61.9 Å². The second-order valence-electron chi connectivity index (χ2n) is 7.14. The molecule has 1 N–H and O–H groups in total. The molecule has 32 heavy (non-hydrogen) atoms. The predicted octanol–water partition coefficient (Wildman–Crippen LogP) is 5.92. The van der Waals surface area contributed by atoms with Crippen molar-refractivity contribution in [2.45, 2.75) is 19.9 Å². The summed E-state index contributed by atoms with van der Waals surface area (Å²) in [7, 11) is 0. The normalized spacial score (nSPS) is 17.8. The molecule has 1 unspecified atom stereocenters. The van der Waals surface area contributed by atoms with Gasteiger partial charge in [0.1, 0.15) is 23.3 Å². The molecule has 164 valence electrons. The fourth-order valence-corrected chi connectivity index (χ4v) is 4.12. The molecular weight excluding hydrogens is 453 g/mol. The number of Topliss-reactive ketones (excluding diaryl/α,β-unsaturated/α-hetero) is 1. The highest BCUT2D eigenvalue weighted by atomic mass is 35.5. The molecule has 0 bridgehead atoms. The lowest BCUT2D eigenvalue weighted by molar-refractivity contribution is -0.132. The summed E-state index contributed by atoms with van der Waals surface area (Å²) in [4.78, 5) is 27.6. The fraction of sp³-hybridized carbons (Fsp3) is 0.167. The number of furan rings is 1. The molecule has 1 aromatic heterocycles. The van der Waals surface area contributed by atoms with Crippen LogP contribution in [0.15, 0.2) is 64.8 Å². The summed E-state index contributed by atoms with van der Waals surface area (Å²) in [5.41, 5.74) is 1.09. The van der Waals surface area contributed by atoms with E-state index in [9.17, 15) is 14.7 Å². The number of nitrogens with zero attached hydrogens (tertiary/aromatic N) is 1. The van der Waals surface area contributed by atoms with E-state index in [2.05, 4.69) is 0 Å². The summed E-state index contributed by atoms with van der Waals surface area (Å²) < 4.78 is 11.1. The molecule has 2 heterocycles. The Kier molecular flexibility index (Phi) is 6.00. The summed E-state index contributed by atoms with van der Waals surface area (Å²) in [6.45, 7) is 3.98. The minimum Gasteiger partial charge on any atom is -0.507 e. The summed E-state index contributed by atoms with van der Waals surface area (Å²) in [6, 6.07) is 12.1. The number of anilines is 1.